The van der Waals surface area contributed by atoms with E-state index in [1.165, 1.54) is 26.4 Å². The topological polar surface area (TPSA) is 77.7 Å². The van der Waals surface area contributed by atoms with E-state index in [0.717, 1.165) is 22.6 Å². The fraction of sp³-hybridized carbons (Fsp3) is 0.375. The van der Waals surface area contributed by atoms with Gasteiger partial charge in [0.15, 0.2) is 23.1 Å². The zero-order valence-corrected chi connectivity index (χ0v) is 18.9. The number of halogens is 2. The molecule has 2 heterocycles. The van der Waals surface area contributed by atoms with Crippen molar-refractivity contribution >= 4 is 17.3 Å². The minimum atomic E-state index is -0.692. The van der Waals surface area contributed by atoms with Gasteiger partial charge in [0.25, 0.3) is 0 Å². The predicted octanol–water partition coefficient (Wildman–Crippen LogP) is 4.39. The van der Waals surface area contributed by atoms with Crippen molar-refractivity contribution in [1.29, 1.82) is 0 Å². The Bertz CT molecular complexity index is 1150. The molecule has 0 bridgehead atoms. The number of allylic oxidation sites excluding steroid dienone is 1. The molecule has 1 aliphatic heterocycles. The molecule has 4 rings (SSSR count). The van der Waals surface area contributed by atoms with Crippen molar-refractivity contribution in [3.8, 4) is 11.5 Å². The van der Waals surface area contributed by atoms with Gasteiger partial charge in [-0.15, -0.1) is 0 Å². The number of nitrogens with zero attached hydrogens (tertiary/aromatic N) is 3. The van der Waals surface area contributed by atoms with Crippen LogP contribution in [0, 0.1) is 11.6 Å². The first-order chi connectivity index (χ1) is 15.9. The Labute approximate surface area is 190 Å². The van der Waals surface area contributed by atoms with Crippen molar-refractivity contribution in [3.05, 3.63) is 59.0 Å². The van der Waals surface area contributed by atoms with Crippen molar-refractivity contribution in [2.75, 3.05) is 26.1 Å². The van der Waals surface area contributed by atoms with Gasteiger partial charge in [-0.1, -0.05) is 6.58 Å². The van der Waals surface area contributed by atoms with Crippen LogP contribution in [0.5, 0.6) is 11.5 Å². The van der Waals surface area contributed by atoms with Crippen molar-refractivity contribution in [2.24, 2.45) is 4.99 Å². The van der Waals surface area contributed by atoms with Crippen molar-refractivity contribution < 1.29 is 23.0 Å². The van der Waals surface area contributed by atoms with E-state index >= 15 is 8.78 Å². The molecule has 0 fully saturated rings. The number of rotatable bonds is 7. The van der Waals surface area contributed by atoms with Gasteiger partial charge < -0.3 is 14.8 Å². The molecule has 0 radical (unpaired) electrons. The third kappa shape index (κ3) is 3.92. The van der Waals surface area contributed by atoms with Crippen LogP contribution < -0.4 is 14.8 Å². The van der Waals surface area contributed by atoms with E-state index < -0.39 is 11.6 Å². The first-order valence-corrected chi connectivity index (χ1v) is 10.8. The van der Waals surface area contributed by atoms with Crippen molar-refractivity contribution in [3.63, 3.8) is 0 Å². The number of nitrogens with one attached hydrogen (secondary N) is 1. The molecule has 1 aliphatic carbocycles. The maximum atomic E-state index is 15.1. The number of ether oxygens (including phenoxy) is 2. The van der Waals surface area contributed by atoms with Crippen LogP contribution in [-0.4, -0.2) is 42.2 Å². The summed E-state index contributed by atoms with van der Waals surface area (Å²) >= 11 is 0. The Morgan fingerprint density at radius 2 is 2.00 bits per heavy atom. The van der Waals surface area contributed by atoms with Gasteiger partial charge in [0.05, 0.1) is 38.4 Å². The van der Waals surface area contributed by atoms with Crippen LogP contribution in [0.4, 0.5) is 14.5 Å². The normalized spacial score (nSPS) is 17.5. The lowest BCUT2D eigenvalue weighted by molar-refractivity contribution is -0.111. The van der Waals surface area contributed by atoms with Gasteiger partial charge in [0.1, 0.15) is 5.69 Å². The summed E-state index contributed by atoms with van der Waals surface area (Å²) in [6.45, 7) is 6.49. The van der Waals surface area contributed by atoms with E-state index in [4.69, 9.17) is 14.5 Å². The van der Waals surface area contributed by atoms with E-state index in [2.05, 4.69) is 17.0 Å². The summed E-state index contributed by atoms with van der Waals surface area (Å²) in [6, 6.07) is 1.23. The lowest BCUT2D eigenvalue weighted by Crippen LogP contribution is -2.19. The zero-order valence-electron chi connectivity index (χ0n) is 18.9. The molecule has 1 aromatic heterocycles. The fourth-order valence-corrected chi connectivity index (χ4v) is 4.61. The smallest absolute Gasteiger partial charge is 0.247 e. The molecule has 1 amide bonds. The highest BCUT2D eigenvalue weighted by Crippen LogP contribution is 2.45. The van der Waals surface area contributed by atoms with Gasteiger partial charge in [-0.2, -0.15) is 5.10 Å². The molecule has 1 aromatic carbocycles. The molecular weight excluding hydrogens is 430 g/mol. The summed E-state index contributed by atoms with van der Waals surface area (Å²) in [7, 11) is 2.69. The molecule has 0 saturated heterocycles. The maximum Gasteiger partial charge on any atom is 0.247 e. The minimum absolute atomic E-state index is 0.0104. The molecule has 33 heavy (non-hydrogen) atoms. The second kappa shape index (κ2) is 9.17. The van der Waals surface area contributed by atoms with E-state index in [9.17, 15) is 4.79 Å². The van der Waals surface area contributed by atoms with Crippen LogP contribution >= 0.6 is 0 Å². The second-order valence-corrected chi connectivity index (χ2v) is 7.93. The number of hydrogen-bond donors (Lipinski definition) is 1. The molecule has 1 atom stereocenters. The highest BCUT2D eigenvalue weighted by atomic mass is 19.1. The third-order valence-electron chi connectivity index (χ3n) is 6.20. The highest BCUT2D eigenvalue weighted by Gasteiger charge is 2.35. The number of aromatic nitrogens is 2. The molecule has 174 valence electrons. The summed E-state index contributed by atoms with van der Waals surface area (Å²) in [5.41, 5.74) is 4.13. The van der Waals surface area contributed by atoms with E-state index in [1.54, 1.807) is 10.9 Å². The van der Waals surface area contributed by atoms with E-state index in [0.29, 0.717) is 38.0 Å². The average Bonchev–Trinajstić information content (AvgIpc) is 3.42. The molecule has 2 aliphatic rings. The van der Waals surface area contributed by atoms with E-state index in [1.807, 2.05) is 6.92 Å². The van der Waals surface area contributed by atoms with Crippen LogP contribution in [0.15, 0.2) is 41.1 Å². The van der Waals surface area contributed by atoms with Crippen molar-refractivity contribution in [1.82, 2.24) is 9.78 Å². The monoisotopic (exact) mass is 456 g/mol. The van der Waals surface area contributed by atoms with Crippen LogP contribution in [0.1, 0.15) is 43.4 Å². The standard InChI is InChI=1S/C24H26F2N4O3/c1-5-19(31)29-16-12-28-30(6-2)24(16)23-15-8-7-13(9-14(15)11-27-23)20-21(25)17(32-3)10-18(33-4)22(20)26/h5,10,12-13H,1,6-9,11H2,2-4H3,(H,29,31)/t13-/m1/s1. The second-order valence-electron chi connectivity index (χ2n) is 7.93. The molecular formula is C24H26F2N4O3. The number of methoxy groups -OCH3 is 2. The Morgan fingerprint density at radius 1 is 1.30 bits per heavy atom. The Hall–Kier alpha value is -3.49. The summed E-state index contributed by atoms with van der Waals surface area (Å²) in [5, 5.41) is 7.16. The van der Waals surface area contributed by atoms with Gasteiger partial charge in [-0.3, -0.25) is 14.5 Å². The lowest BCUT2D eigenvalue weighted by Gasteiger charge is -2.26. The number of aliphatic imine (C=N–C) groups is 1. The summed E-state index contributed by atoms with van der Waals surface area (Å²) < 4.78 is 42.1. The first-order valence-electron chi connectivity index (χ1n) is 10.8. The SMILES string of the molecule is C=CC(=O)Nc1cnn(CC)c1C1=NCC2=C1CC[C@@H](c1c(F)c(OC)cc(OC)c1F)C2. The lowest BCUT2D eigenvalue weighted by atomic mass is 9.79. The number of hydrogen-bond acceptors (Lipinski definition) is 5. The number of anilines is 1. The van der Waals surface area contributed by atoms with Crippen LogP contribution in [0.3, 0.4) is 0 Å². The number of amides is 1. The molecule has 2 aromatic rings. The molecule has 0 unspecified atom stereocenters. The Kier molecular flexibility index (Phi) is 6.31. The molecule has 0 spiro atoms. The Morgan fingerprint density at radius 3 is 2.61 bits per heavy atom. The van der Waals surface area contributed by atoms with Crippen LogP contribution in [0.25, 0.3) is 0 Å². The third-order valence-corrected chi connectivity index (χ3v) is 6.20. The number of benzene rings is 1. The predicted molar refractivity (Wildman–Crippen MR) is 121 cm³/mol. The van der Waals surface area contributed by atoms with E-state index in [-0.39, 0.29) is 28.9 Å². The zero-order chi connectivity index (χ0) is 23.7. The largest absolute Gasteiger partial charge is 0.494 e. The van der Waals surface area contributed by atoms with Gasteiger partial charge in [0.2, 0.25) is 5.91 Å². The molecule has 9 heteroatoms. The van der Waals surface area contributed by atoms with Gasteiger partial charge in [0, 0.05) is 18.2 Å². The quantitative estimate of drug-likeness (QED) is 0.627. The summed E-state index contributed by atoms with van der Waals surface area (Å²) in [5.74, 6) is -2.16. The van der Waals surface area contributed by atoms with Crippen LogP contribution in [-0.2, 0) is 11.3 Å². The van der Waals surface area contributed by atoms with Crippen LogP contribution in [0.2, 0.25) is 0 Å². The Balaban J connectivity index is 1.68. The molecule has 0 saturated carbocycles. The molecule has 7 nitrogen and oxygen atoms in total. The van der Waals surface area contributed by atoms with Gasteiger partial charge in [-0.25, -0.2) is 8.78 Å². The minimum Gasteiger partial charge on any atom is -0.494 e. The number of aryl methyl sites for hydroxylation is 1. The number of carbonyl (C=O) groups excluding carboxylic acids is 1. The van der Waals surface area contributed by atoms with Gasteiger partial charge >= 0.3 is 0 Å². The molecule has 1 N–H and O–H groups in total. The first kappa shape index (κ1) is 22.7. The highest BCUT2D eigenvalue weighted by molar-refractivity contribution is 6.18. The maximum absolute atomic E-state index is 15.1. The van der Waals surface area contributed by atoms with Crippen molar-refractivity contribution in [2.45, 2.75) is 38.6 Å². The summed E-state index contributed by atoms with van der Waals surface area (Å²) in [4.78, 5) is 16.6. The number of carbonyl (C=O) groups is 1. The summed E-state index contributed by atoms with van der Waals surface area (Å²) in [6.07, 6.45) is 4.41. The van der Waals surface area contributed by atoms with Gasteiger partial charge in [-0.05, 0) is 49.3 Å². The average molecular weight is 456 g/mol. The fourth-order valence-electron chi connectivity index (χ4n) is 4.61.